The smallest absolute Gasteiger partial charge is 0.246 e. The zero-order valence-corrected chi connectivity index (χ0v) is 21.9. The number of benzene rings is 1. The first kappa shape index (κ1) is 30.0. The predicted octanol–water partition coefficient (Wildman–Crippen LogP) is 4.36. The highest BCUT2D eigenvalue weighted by Crippen LogP contribution is 2.28. The predicted molar refractivity (Wildman–Crippen MR) is 141 cm³/mol. The SMILES string of the molecule is COc1ccc(CC/C=C(\C)[C@H](O)[C@H](C)/C=C/C#CCC/C=C(\C)C(=O)N[C@@H](C)CO)cc1OC. The molecule has 0 spiro atoms. The Morgan fingerprint density at radius 1 is 1.11 bits per heavy atom. The number of rotatable bonds is 13. The molecule has 0 heterocycles. The molecule has 0 fully saturated rings. The first-order valence-corrected chi connectivity index (χ1v) is 12.0. The van der Waals surface area contributed by atoms with E-state index in [0.29, 0.717) is 24.2 Å². The van der Waals surface area contributed by atoms with Crippen LogP contribution in [0.25, 0.3) is 0 Å². The number of ether oxygens (including phenoxy) is 2. The molecule has 3 atom stereocenters. The molecule has 6 heteroatoms. The molecule has 1 aromatic rings. The summed E-state index contributed by atoms with van der Waals surface area (Å²) in [5, 5.41) is 22.3. The van der Waals surface area contributed by atoms with Gasteiger partial charge in [-0.15, -0.1) is 0 Å². The molecule has 0 aliphatic carbocycles. The van der Waals surface area contributed by atoms with E-state index in [-0.39, 0.29) is 24.5 Å². The zero-order valence-electron chi connectivity index (χ0n) is 21.9. The third-order valence-electron chi connectivity index (χ3n) is 5.63. The number of carbonyl (C=O) groups is 1. The van der Waals surface area contributed by atoms with Gasteiger partial charge >= 0.3 is 0 Å². The third-order valence-corrected chi connectivity index (χ3v) is 5.63. The van der Waals surface area contributed by atoms with Crippen LogP contribution in [-0.2, 0) is 11.2 Å². The van der Waals surface area contributed by atoms with Crippen LogP contribution in [0.15, 0.2) is 53.6 Å². The van der Waals surface area contributed by atoms with Gasteiger partial charge in [0.2, 0.25) is 5.91 Å². The molecule has 0 aromatic heterocycles. The lowest BCUT2D eigenvalue weighted by atomic mass is 9.96. The van der Waals surface area contributed by atoms with E-state index < -0.39 is 6.10 Å². The number of amides is 1. The molecule has 192 valence electrons. The Labute approximate surface area is 210 Å². The van der Waals surface area contributed by atoms with Gasteiger partial charge in [0.05, 0.1) is 26.9 Å². The second-order valence-electron chi connectivity index (χ2n) is 8.64. The number of nitrogens with one attached hydrogen (secondary N) is 1. The highest BCUT2D eigenvalue weighted by Gasteiger charge is 2.13. The second-order valence-corrected chi connectivity index (χ2v) is 8.64. The summed E-state index contributed by atoms with van der Waals surface area (Å²) in [6.45, 7) is 7.32. The van der Waals surface area contributed by atoms with Crippen molar-refractivity contribution < 1.29 is 24.5 Å². The maximum absolute atomic E-state index is 11.9. The van der Waals surface area contributed by atoms with Gasteiger partial charge in [-0.05, 0) is 69.4 Å². The Bertz CT molecular complexity index is 952. The van der Waals surface area contributed by atoms with Gasteiger partial charge in [-0.2, -0.15) is 0 Å². The topological polar surface area (TPSA) is 88.0 Å². The monoisotopic (exact) mass is 483 g/mol. The summed E-state index contributed by atoms with van der Waals surface area (Å²) in [4.78, 5) is 11.9. The van der Waals surface area contributed by atoms with E-state index in [1.165, 1.54) is 0 Å². The summed E-state index contributed by atoms with van der Waals surface area (Å²) in [5.41, 5.74) is 2.70. The van der Waals surface area contributed by atoms with Gasteiger partial charge in [0.25, 0.3) is 0 Å². The van der Waals surface area contributed by atoms with Crippen molar-refractivity contribution in [3.63, 3.8) is 0 Å². The summed E-state index contributed by atoms with van der Waals surface area (Å²) in [6.07, 6.45) is 10.0. The molecule has 35 heavy (non-hydrogen) atoms. The van der Waals surface area contributed by atoms with Crippen molar-refractivity contribution in [1.82, 2.24) is 5.32 Å². The Morgan fingerprint density at radius 2 is 1.83 bits per heavy atom. The molecule has 3 N–H and O–H groups in total. The van der Waals surface area contributed by atoms with Gasteiger partial charge in [0.15, 0.2) is 11.5 Å². The number of aliphatic hydroxyl groups excluding tert-OH is 2. The van der Waals surface area contributed by atoms with Gasteiger partial charge in [0, 0.05) is 24.0 Å². The Hall–Kier alpha value is -3.01. The number of carbonyl (C=O) groups excluding carboxylic acids is 1. The fraction of sp³-hybridized carbons (Fsp3) is 0.483. The lowest BCUT2D eigenvalue weighted by molar-refractivity contribution is -0.118. The van der Waals surface area contributed by atoms with Crippen LogP contribution in [0.1, 0.15) is 52.5 Å². The van der Waals surface area contributed by atoms with Crippen molar-refractivity contribution >= 4 is 5.91 Å². The van der Waals surface area contributed by atoms with Crippen molar-refractivity contribution in [2.75, 3.05) is 20.8 Å². The molecule has 0 unspecified atom stereocenters. The number of aliphatic hydroxyl groups is 2. The molecular formula is C29H41NO5. The highest BCUT2D eigenvalue weighted by molar-refractivity contribution is 5.92. The lowest BCUT2D eigenvalue weighted by Crippen LogP contribution is -2.35. The summed E-state index contributed by atoms with van der Waals surface area (Å²) in [5.74, 6) is 7.25. The van der Waals surface area contributed by atoms with Crippen molar-refractivity contribution in [2.24, 2.45) is 5.92 Å². The number of hydrogen-bond donors (Lipinski definition) is 3. The van der Waals surface area contributed by atoms with Crippen molar-refractivity contribution in [3.05, 3.63) is 59.2 Å². The van der Waals surface area contributed by atoms with E-state index in [2.05, 4.69) is 23.2 Å². The Morgan fingerprint density at radius 3 is 2.49 bits per heavy atom. The maximum atomic E-state index is 11.9. The van der Waals surface area contributed by atoms with Gasteiger partial charge in [-0.3, -0.25) is 4.79 Å². The highest BCUT2D eigenvalue weighted by atomic mass is 16.5. The van der Waals surface area contributed by atoms with E-state index in [9.17, 15) is 9.90 Å². The van der Waals surface area contributed by atoms with Crippen LogP contribution >= 0.6 is 0 Å². The minimum Gasteiger partial charge on any atom is -0.493 e. The van der Waals surface area contributed by atoms with Crippen LogP contribution in [0.4, 0.5) is 0 Å². The third kappa shape index (κ3) is 11.3. The molecular weight excluding hydrogens is 442 g/mol. The Kier molecular flexibility index (Phi) is 14.2. The number of aryl methyl sites for hydroxylation is 1. The van der Waals surface area contributed by atoms with E-state index in [4.69, 9.17) is 14.6 Å². The summed E-state index contributed by atoms with van der Waals surface area (Å²) in [6, 6.07) is 5.64. The molecule has 6 nitrogen and oxygen atoms in total. The summed E-state index contributed by atoms with van der Waals surface area (Å²) < 4.78 is 10.6. The second kappa shape index (κ2) is 16.6. The molecule has 1 aromatic carbocycles. The lowest BCUT2D eigenvalue weighted by Gasteiger charge is -2.16. The van der Waals surface area contributed by atoms with Gasteiger partial charge < -0.3 is 25.0 Å². The van der Waals surface area contributed by atoms with Crippen LogP contribution in [0, 0.1) is 17.8 Å². The molecule has 1 rings (SSSR count). The maximum Gasteiger partial charge on any atom is 0.246 e. The van der Waals surface area contributed by atoms with Crippen LogP contribution in [-0.4, -0.2) is 49.1 Å². The average molecular weight is 484 g/mol. The van der Waals surface area contributed by atoms with Crippen molar-refractivity contribution in [3.8, 4) is 23.3 Å². The zero-order chi connectivity index (χ0) is 26.2. The number of unbranched alkanes of at least 4 members (excludes halogenated alkanes) is 1. The van der Waals surface area contributed by atoms with E-state index in [1.807, 2.05) is 44.2 Å². The number of allylic oxidation sites excluding steroid dienone is 3. The molecule has 0 aliphatic rings. The van der Waals surface area contributed by atoms with Gasteiger partial charge in [-0.1, -0.05) is 43.1 Å². The van der Waals surface area contributed by atoms with Crippen molar-refractivity contribution in [2.45, 2.75) is 65.5 Å². The summed E-state index contributed by atoms with van der Waals surface area (Å²) >= 11 is 0. The van der Waals surface area contributed by atoms with E-state index >= 15 is 0 Å². The molecule has 1 amide bonds. The van der Waals surface area contributed by atoms with Gasteiger partial charge in [-0.25, -0.2) is 0 Å². The van der Waals surface area contributed by atoms with E-state index in [1.54, 1.807) is 34.1 Å². The normalized spacial score (nSPS) is 14.6. The number of methoxy groups -OCH3 is 2. The van der Waals surface area contributed by atoms with Crippen molar-refractivity contribution in [1.29, 1.82) is 0 Å². The standard InChI is InChI=1S/C29H41NO5/c1-21(13-10-8-7-9-11-14-23(3)29(33)30-24(4)20-31)28(32)22(2)15-12-16-25-17-18-26(34-5)27(19-25)35-6/h10,13-15,17-19,21,24,28,31-32H,9,11-12,16,20H2,1-6H3,(H,30,33)/b13-10+,22-15+,23-14+/t21-,24+,28-/m1/s1. The number of hydrogen-bond acceptors (Lipinski definition) is 5. The molecule has 0 bridgehead atoms. The van der Waals surface area contributed by atoms with Crippen LogP contribution in [0.3, 0.4) is 0 Å². The largest absolute Gasteiger partial charge is 0.493 e. The quantitative estimate of drug-likeness (QED) is 0.168. The van der Waals surface area contributed by atoms with Crippen LogP contribution in [0.2, 0.25) is 0 Å². The first-order valence-electron chi connectivity index (χ1n) is 12.0. The van der Waals surface area contributed by atoms with Gasteiger partial charge in [0.1, 0.15) is 0 Å². The first-order chi connectivity index (χ1) is 16.7. The fourth-order valence-corrected chi connectivity index (χ4v) is 3.31. The minimum absolute atomic E-state index is 0.0546. The fourth-order valence-electron chi connectivity index (χ4n) is 3.31. The van der Waals surface area contributed by atoms with Crippen LogP contribution in [0.5, 0.6) is 11.5 Å². The molecule has 0 radical (unpaired) electrons. The molecule has 0 saturated carbocycles. The summed E-state index contributed by atoms with van der Waals surface area (Å²) in [7, 11) is 3.25. The van der Waals surface area contributed by atoms with Crippen LogP contribution < -0.4 is 14.8 Å². The molecule has 0 saturated heterocycles. The molecule has 0 aliphatic heterocycles. The average Bonchev–Trinajstić information content (AvgIpc) is 2.86. The minimum atomic E-state index is -0.566. The Balaban J connectivity index is 2.47. The van der Waals surface area contributed by atoms with E-state index in [0.717, 1.165) is 29.7 Å².